The second-order valence-corrected chi connectivity index (χ2v) is 4.20. The van der Waals surface area contributed by atoms with Crippen LogP contribution in [0.3, 0.4) is 0 Å². The molecule has 0 atom stereocenters. The molecule has 0 aliphatic heterocycles. The van der Waals surface area contributed by atoms with Crippen molar-refractivity contribution >= 4 is 11.6 Å². The van der Waals surface area contributed by atoms with E-state index >= 15 is 0 Å². The quantitative estimate of drug-likeness (QED) is 0.368. The number of hydrazine groups is 1. The van der Waals surface area contributed by atoms with Crippen LogP contribution in [0.4, 0.5) is 5.69 Å². The number of amides is 1. The number of nitrogens with zero attached hydrogens (tertiary/aromatic N) is 2. The Morgan fingerprint density at radius 3 is 2.79 bits per heavy atom. The van der Waals surface area contributed by atoms with Crippen LogP contribution in [-0.2, 0) is 0 Å². The van der Waals surface area contributed by atoms with E-state index in [9.17, 15) is 4.79 Å². The number of hydrogen-bond acceptors (Lipinski definition) is 5. The molecule has 0 fully saturated rings. The zero-order valence-electron chi connectivity index (χ0n) is 11.6. The van der Waals surface area contributed by atoms with E-state index in [1.165, 1.54) is 6.20 Å². The molecule has 1 amide bonds. The van der Waals surface area contributed by atoms with Gasteiger partial charge in [0, 0.05) is 18.9 Å². The third-order valence-electron chi connectivity index (χ3n) is 3.05. The van der Waals surface area contributed by atoms with Gasteiger partial charge in [-0.2, -0.15) is 0 Å². The van der Waals surface area contributed by atoms with Crippen LogP contribution in [-0.4, -0.2) is 42.0 Å². The summed E-state index contributed by atoms with van der Waals surface area (Å²) >= 11 is 0. The fraction of sp³-hybridized carbons (Fsp3) is 0.538. The zero-order chi connectivity index (χ0) is 14.1. The topological polar surface area (TPSA) is 83.3 Å². The molecular weight excluding hydrogens is 242 g/mol. The van der Waals surface area contributed by atoms with Crippen LogP contribution in [0.2, 0.25) is 0 Å². The molecule has 6 heteroatoms. The fourth-order valence-electron chi connectivity index (χ4n) is 1.84. The van der Waals surface area contributed by atoms with Crippen molar-refractivity contribution in [2.75, 3.05) is 31.6 Å². The highest BCUT2D eigenvalue weighted by atomic mass is 16.1. The summed E-state index contributed by atoms with van der Waals surface area (Å²) in [5.74, 6) is 5.20. The SMILES string of the molecule is CCN(CC)CCCNC(=O)c1cnccc1NN. The molecule has 0 aliphatic rings. The summed E-state index contributed by atoms with van der Waals surface area (Å²) in [4.78, 5) is 18.2. The molecule has 1 rings (SSSR count). The van der Waals surface area contributed by atoms with E-state index in [2.05, 4.69) is 34.5 Å². The normalized spacial score (nSPS) is 10.5. The highest BCUT2D eigenvalue weighted by Gasteiger charge is 2.10. The molecule has 19 heavy (non-hydrogen) atoms. The molecule has 6 nitrogen and oxygen atoms in total. The van der Waals surface area contributed by atoms with Gasteiger partial charge in [-0.05, 0) is 32.1 Å². The number of hydrogen-bond donors (Lipinski definition) is 3. The Kier molecular flexibility index (Phi) is 6.84. The van der Waals surface area contributed by atoms with Crippen molar-refractivity contribution in [1.82, 2.24) is 15.2 Å². The first-order chi connectivity index (χ1) is 9.22. The van der Waals surface area contributed by atoms with E-state index in [0.29, 0.717) is 17.8 Å². The van der Waals surface area contributed by atoms with Crippen LogP contribution in [0.15, 0.2) is 18.5 Å². The average molecular weight is 265 g/mol. The number of aromatic nitrogens is 1. The van der Waals surface area contributed by atoms with Crippen LogP contribution < -0.4 is 16.6 Å². The van der Waals surface area contributed by atoms with Gasteiger partial charge >= 0.3 is 0 Å². The van der Waals surface area contributed by atoms with Gasteiger partial charge in [-0.15, -0.1) is 0 Å². The van der Waals surface area contributed by atoms with Gasteiger partial charge < -0.3 is 15.6 Å². The third kappa shape index (κ3) is 4.84. The molecule has 0 unspecified atom stereocenters. The van der Waals surface area contributed by atoms with Crippen molar-refractivity contribution in [2.24, 2.45) is 5.84 Å². The van der Waals surface area contributed by atoms with Gasteiger partial charge in [0.1, 0.15) is 0 Å². The summed E-state index contributed by atoms with van der Waals surface area (Å²) in [5, 5.41) is 2.88. The van der Waals surface area contributed by atoms with Crippen LogP contribution in [0.5, 0.6) is 0 Å². The van der Waals surface area contributed by atoms with E-state index in [0.717, 1.165) is 26.1 Å². The Hall–Kier alpha value is -1.66. The third-order valence-corrected chi connectivity index (χ3v) is 3.05. The minimum absolute atomic E-state index is 0.152. The van der Waals surface area contributed by atoms with Gasteiger partial charge in [-0.3, -0.25) is 15.6 Å². The van der Waals surface area contributed by atoms with Gasteiger partial charge in [0.15, 0.2) is 0 Å². The summed E-state index contributed by atoms with van der Waals surface area (Å²) in [6.45, 7) is 7.98. The molecule has 0 spiro atoms. The minimum atomic E-state index is -0.152. The lowest BCUT2D eigenvalue weighted by molar-refractivity contribution is 0.0952. The molecule has 0 bridgehead atoms. The molecule has 4 N–H and O–H groups in total. The molecule has 0 radical (unpaired) electrons. The van der Waals surface area contributed by atoms with Crippen molar-refractivity contribution in [2.45, 2.75) is 20.3 Å². The maximum absolute atomic E-state index is 11.9. The molecule has 0 saturated carbocycles. The number of rotatable bonds is 8. The van der Waals surface area contributed by atoms with E-state index in [4.69, 9.17) is 5.84 Å². The molecular formula is C13H23N5O. The van der Waals surface area contributed by atoms with Crippen molar-refractivity contribution in [3.8, 4) is 0 Å². The summed E-state index contributed by atoms with van der Waals surface area (Å²) in [5.41, 5.74) is 3.54. The molecule has 0 saturated heterocycles. The summed E-state index contributed by atoms with van der Waals surface area (Å²) in [6, 6.07) is 1.67. The van der Waals surface area contributed by atoms with Crippen molar-refractivity contribution in [3.63, 3.8) is 0 Å². The van der Waals surface area contributed by atoms with E-state index in [-0.39, 0.29) is 5.91 Å². The Labute approximate surface area is 114 Å². The van der Waals surface area contributed by atoms with E-state index < -0.39 is 0 Å². The van der Waals surface area contributed by atoms with Gasteiger partial charge in [-0.1, -0.05) is 13.8 Å². The summed E-state index contributed by atoms with van der Waals surface area (Å²) in [6.07, 6.45) is 4.03. The number of nitrogens with two attached hydrogens (primary N) is 1. The maximum Gasteiger partial charge on any atom is 0.255 e. The zero-order valence-corrected chi connectivity index (χ0v) is 11.6. The second-order valence-electron chi connectivity index (χ2n) is 4.20. The molecule has 0 aromatic carbocycles. The minimum Gasteiger partial charge on any atom is -0.352 e. The Morgan fingerprint density at radius 1 is 1.42 bits per heavy atom. The number of nitrogens with one attached hydrogen (secondary N) is 2. The maximum atomic E-state index is 11.9. The highest BCUT2D eigenvalue weighted by molar-refractivity contribution is 5.99. The molecule has 0 aliphatic carbocycles. The second kappa shape index (κ2) is 8.44. The average Bonchev–Trinajstić information content (AvgIpc) is 2.47. The first kappa shape index (κ1) is 15.4. The largest absolute Gasteiger partial charge is 0.352 e. The van der Waals surface area contributed by atoms with Crippen LogP contribution >= 0.6 is 0 Å². The fourth-order valence-corrected chi connectivity index (χ4v) is 1.84. The Balaban J connectivity index is 2.39. The lowest BCUT2D eigenvalue weighted by Crippen LogP contribution is -2.30. The van der Waals surface area contributed by atoms with Crippen molar-refractivity contribution < 1.29 is 4.79 Å². The first-order valence-electron chi connectivity index (χ1n) is 6.64. The van der Waals surface area contributed by atoms with Crippen LogP contribution in [0.1, 0.15) is 30.6 Å². The monoisotopic (exact) mass is 265 g/mol. The van der Waals surface area contributed by atoms with Crippen molar-refractivity contribution in [3.05, 3.63) is 24.0 Å². The molecule has 1 aromatic heterocycles. The first-order valence-corrected chi connectivity index (χ1v) is 6.64. The Morgan fingerprint density at radius 2 is 2.16 bits per heavy atom. The number of carbonyl (C=O) groups excluding carboxylic acids is 1. The van der Waals surface area contributed by atoms with E-state index in [1.54, 1.807) is 12.3 Å². The smallest absolute Gasteiger partial charge is 0.255 e. The Bertz CT molecular complexity index is 392. The molecule has 1 heterocycles. The summed E-state index contributed by atoms with van der Waals surface area (Å²) < 4.78 is 0. The predicted octanol–water partition coefficient (Wildman–Crippen LogP) is 0.829. The van der Waals surface area contributed by atoms with Gasteiger partial charge in [0.2, 0.25) is 0 Å². The highest BCUT2D eigenvalue weighted by Crippen LogP contribution is 2.11. The van der Waals surface area contributed by atoms with Crippen molar-refractivity contribution in [1.29, 1.82) is 0 Å². The van der Waals surface area contributed by atoms with Gasteiger partial charge in [-0.25, -0.2) is 0 Å². The van der Waals surface area contributed by atoms with E-state index in [1.807, 2.05) is 0 Å². The predicted molar refractivity (Wildman–Crippen MR) is 76.8 cm³/mol. The lowest BCUT2D eigenvalue weighted by atomic mass is 10.2. The lowest BCUT2D eigenvalue weighted by Gasteiger charge is -2.17. The number of anilines is 1. The van der Waals surface area contributed by atoms with Gasteiger partial charge in [0.05, 0.1) is 11.3 Å². The number of nitrogen functional groups attached to an aromatic ring is 1. The standard InChI is InChI=1S/C13H23N5O/c1-3-18(4-2)9-5-7-16-13(19)11-10-15-8-6-12(11)17-14/h6,8,10H,3-5,7,9,14H2,1-2H3,(H,15,17)(H,16,19). The number of carbonyl (C=O) groups is 1. The summed E-state index contributed by atoms with van der Waals surface area (Å²) in [7, 11) is 0. The molecule has 106 valence electrons. The van der Waals surface area contributed by atoms with Crippen LogP contribution in [0, 0.1) is 0 Å². The van der Waals surface area contributed by atoms with Crippen LogP contribution in [0.25, 0.3) is 0 Å². The number of pyridine rings is 1. The van der Waals surface area contributed by atoms with Gasteiger partial charge in [0.25, 0.3) is 5.91 Å². The molecule has 1 aromatic rings.